The first-order valence-corrected chi connectivity index (χ1v) is 11.5. The summed E-state index contributed by atoms with van der Waals surface area (Å²) in [5.74, 6) is 2.68. The van der Waals surface area contributed by atoms with E-state index in [4.69, 9.17) is 5.73 Å². The fourth-order valence-electron chi connectivity index (χ4n) is 4.81. The number of thioether (sulfide) groups is 1. The fraction of sp³-hybridized carbons (Fsp3) is 0.579. The largest absolute Gasteiger partial charge is 0.351 e. The normalized spacial score (nSPS) is 25.6. The van der Waals surface area contributed by atoms with Gasteiger partial charge in [0.2, 0.25) is 5.91 Å². The molecule has 2 aliphatic carbocycles. The topological polar surface area (TPSA) is 103 Å². The minimum absolute atomic E-state index is 0.260. The maximum atomic E-state index is 12.1. The van der Waals surface area contributed by atoms with E-state index < -0.39 is 17.2 Å². The standard InChI is InChI=1S/C19H25N5O2S2/c1-10(14-9-12-5-6-13(14)8-12)24-16(15-4-3-7-27-15)22-23-19(24)28-11(2)17(25)21-18(20)26/h3-4,7,10-14H,5-6,8-9H2,1-2H3,(H3,20,21,25,26). The van der Waals surface area contributed by atoms with Crippen LogP contribution in [0.4, 0.5) is 4.79 Å². The average molecular weight is 420 g/mol. The summed E-state index contributed by atoms with van der Waals surface area (Å²) in [6.45, 7) is 4.00. The highest BCUT2D eigenvalue weighted by Crippen LogP contribution is 2.53. The average Bonchev–Trinajstić information content (AvgIpc) is 3.43. The van der Waals surface area contributed by atoms with Gasteiger partial charge in [0, 0.05) is 6.04 Å². The molecule has 9 heteroatoms. The number of hydrogen-bond donors (Lipinski definition) is 2. The molecule has 2 aromatic heterocycles. The van der Waals surface area contributed by atoms with E-state index in [-0.39, 0.29) is 6.04 Å². The number of carbonyl (C=O) groups is 2. The number of aromatic nitrogens is 3. The Morgan fingerprint density at radius 2 is 2.14 bits per heavy atom. The number of nitrogens with two attached hydrogens (primary N) is 1. The lowest BCUT2D eigenvalue weighted by Crippen LogP contribution is -2.39. The molecule has 2 bridgehead atoms. The van der Waals surface area contributed by atoms with Crippen LogP contribution in [0.1, 0.15) is 45.6 Å². The molecule has 0 aliphatic heterocycles. The van der Waals surface area contributed by atoms with Crippen LogP contribution in [0, 0.1) is 17.8 Å². The first kappa shape index (κ1) is 19.4. The summed E-state index contributed by atoms with van der Waals surface area (Å²) < 4.78 is 2.20. The zero-order chi connectivity index (χ0) is 19.8. The van der Waals surface area contributed by atoms with Gasteiger partial charge in [-0.2, -0.15) is 0 Å². The molecule has 0 spiro atoms. The van der Waals surface area contributed by atoms with Crippen molar-refractivity contribution in [2.45, 2.75) is 56.0 Å². The van der Waals surface area contributed by atoms with Crippen LogP contribution < -0.4 is 11.1 Å². The highest BCUT2D eigenvalue weighted by Gasteiger charge is 2.43. The molecule has 2 heterocycles. The second kappa shape index (κ2) is 7.87. The molecule has 4 rings (SSSR count). The van der Waals surface area contributed by atoms with Crippen LogP contribution in [0.3, 0.4) is 0 Å². The van der Waals surface area contributed by atoms with E-state index in [1.165, 1.54) is 37.4 Å². The van der Waals surface area contributed by atoms with E-state index >= 15 is 0 Å². The summed E-state index contributed by atoms with van der Waals surface area (Å²) in [4.78, 5) is 24.2. The molecule has 3 N–H and O–H groups in total. The minimum Gasteiger partial charge on any atom is -0.351 e. The molecule has 150 valence electrons. The van der Waals surface area contributed by atoms with Crippen molar-refractivity contribution in [1.29, 1.82) is 0 Å². The van der Waals surface area contributed by atoms with Crippen LogP contribution >= 0.6 is 23.1 Å². The van der Waals surface area contributed by atoms with Crippen molar-refractivity contribution in [3.8, 4) is 10.7 Å². The van der Waals surface area contributed by atoms with E-state index in [1.807, 2.05) is 11.4 Å². The number of rotatable bonds is 6. The van der Waals surface area contributed by atoms with Crippen molar-refractivity contribution in [3.05, 3.63) is 17.5 Å². The second-order valence-electron chi connectivity index (χ2n) is 7.85. The lowest BCUT2D eigenvalue weighted by molar-refractivity contribution is -0.119. The molecular weight excluding hydrogens is 394 g/mol. The Balaban J connectivity index is 1.63. The molecule has 3 amide bonds. The third-order valence-corrected chi connectivity index (χ3v) is 8.05. The minimum atomic E-state index is -0.839. The third-order valence-electron chi connectivity index (χ3n) is 6.12. The van der Waals surface area contributed by atoms with Crippen LogP contribution in [0.15, 0.2) is 22.7 Å². The van der Waals surface area contributed by atoms with Crippen LogP contribution in [0.25, 0.3) is 10.7 Å². The SMILES string of the molecule is CC(Sc1nnc(-c2cccs2)n1C(C)C1CC2CCC1C2)C(=O)NC(N)=O. The summed E-state index contributed by atoms with van der Waals surface area (Å²) in [5, 5.41) is 13.3. The van der Waals surface area contributed by atoms with Crippen LogP contribution in [-0.2, 0) is 4.79 Å². The Morgan fingerprint density at radius 3 is 2.75 bits per heavy atom. The Bertz CT molecular complexity index is 866. The van der Waals surface area contributed by atoms with Gasteiger partial charge in [0.05, 0.1) is 10.1 Å². The van der Waals surface area contributed by atoms with Crippen LogP contribution in [-0.4, -0.2) is 32.0 Å². The zero-order valence-corrected chi connectivity index (χ0v) is 17.6. The molecule has 0 aromatic carbocycles. The van der Waals surface area contributed by atoms with Gasteiger partial charge in [-0.1, -0.05) is 24.2 Å². The van der Waals surface area contributed by atoms with Crippen LogP contribution in [0.5, 0.6) is 0 Å². The highest BCUT2D eigenvalue weighted by molar-refractivity contribution is 8.00. The molecule has 5 unspecified atom stereocenters. The van der Waals surface area contributed by atoms with Gasteiger partial charge >= 0.3 is 6.03 Å². The number of hydrogen-bond acceptors (Lipinski definition) is 6. The van der Waals surface area contributed by atoms with Crippen molar-refractivity contribution in [3.63, 3.8) is 0 Å². The number of imide groups is 1. The second-order valence-corrected chi connectivity index (χ2v) is 10.1. The molecule has 0 saturated heterocycles. The number of fused-ring (bicyclic) bond motifs is 2. The number of urea groups is 1. The first-order chi connectivity index (χ1) is 13.4. The predicted octanol–water partition coefficient (Wildman–Crippen LogP) is 3.68. The summed E-state index contributed by atoms with van der Waals surface area (Å²) in [6, 6.07) is 3.48. The Kier molecular flexibility index (Phi) is 5.46. The van der Waals surface area contributed by atoms with Gasteiger partial charge in [0.15, 0.2) is 11.0 Å². The maximum absolute atomic E-state index is 12.1. The Morgan fingerprint density at radius 1 is 1.32 bits per heavy atom. The van der Waals surface area contributed by atoms with Crippen molar-refractivity contribution in [2.75, 3.05) is 0 Å². The number of amides is 3. The molecule has 28 heavy (non-hydrogen) atoms. The Hall–Kier alpha value is -1.87. The lowest BCUT2D eigenvalue weighted by atomic mass is 9.84. The van der Waals surface area contributed by atoms with Crippen molar-refractivity contribution in [1.82, 2.24) is 20.1 Å². The summed E-state index contributed by atoms with van der Waals surface area (Å²) in [6.07, 6.45) is 5.27. The number of carbonyl (C=O) groups excluding carboxylic acids is 2. The Labute approximate surface area is 172 Å². The van der Waals surface area contributed by atoms with E-state index in [0.717, 1.165) is 22.5 Å². The number of nitrogens with one attached hydrogen (secondary N) is 1. The van der Waals surface area contributed by atoms with Gasteiger partial charge in [-0.3, -0.25) is 14.7 Å². The van der Waals surface area contributed by atoms with Crippen molar-refractivity contribution in [2.24, 2.45) is 23.5 Å². The van der Waals surface area contributed by atoms with Gasteiger partial charge < -0.3 is 5.73 Å². The van der Waals surface area contributed by atoms with Crippen molar-refractivity contribution >= 4 is 35.0 Å². The molecule has 7 nitrogen and oxygen atoms in total. The summed E-state index contributed by atoms with van der Waals surface area (Å²) >= 11 is 2.96. The number of nitrogens with zero attached hydrogens (tertiary/aromatic N) is 3. The molecule has 2 aromatic rings. The third kappa shape index (κ3) is 3.69. The summed E-state index contributed by atoms with van der Waals surface area (Å²) in [5.41, 5.74) is 5.08. The molecule has 2 saturated carbocycles. The van der Waals surface area contributed by atoms with Crippen LogP contribution in [0.2, 0.25) is 0 Å². The van der Waals surface area contributed by atoms with Gasteiger partial charge in [0.25, 0.3) is 0 Å². The molecular formula is C19H25N5O2S2. The van der Waals surface area contributed by atoms with E-state index in [1.54, 1.807) is 18.3 Å². The molecule has 5 atom stereocenters. The lowest BCUT2D eigenvalue weighted by Gasteiger charge is -2.30. The smallest absolute Gasteiger partial charge is 0.318 e. The number of primary amides is 1. The predicted molar refractivity (Wildman–Crippen MR) is 110 cm³/mol. The van der Waals surface area contributed by atoms with Gasteiger partial charge in [-0.15, -0.1) is 21.5 Å². The van der Waals surface area contributed by atoms with E-state index in [0.29, 0.717) is 11.1 Å². The first-order valence-electron chi connectivity index (χ1n) is 9.69. The van der Waals surface area contributed by atoms with E-state index in [2.05, 4.69) is 33.1 Å². The van der Waals surface area contributed by atoms with Gasteiger partial charge in [0.1, 0.15) is 0 Å². The monoisotopic (exact) mass is 419 g/mol. The molecule has 2 fully saturated rings. The molecule has 2 aliphatic rings. The zero-order valence-electron chi connectivity index (χ0n) is 16.0. The quantitative estimate of drug-likeness (QED) is 0.695. The summed E-state index contributed by atoms with van der Waals surface area (Å²) in [7, 11) is 0. The van der Waals surface area contributed by atoms with Crippen molar-refractivity contribution < 1.29 is 9.59 Å². The van der Waals surface area contributed by atoms with E-state index in [9.17, 15) is 9.59 Å². The maximum Gasteiger partial charge on any atom is 0.318 e. The van der Waals surface area contributed by atoms with Gasteiger partial charge in [-0.05, 0) is 62.3 Å². The number of thiophene rings is 1. The fourth-order valence-corrected chi connectivity index (χ4v) is 6.45. The van der Waals surface area contributed by atoms with Gasteiger partial charge in [-0.25, -0.2) is 4.79 Å². The highest BCUT2D eigenvalue weighted by atomic mass is 32.2. The molecule has 0 radical (unpaired) electrons.